The van der Waals surface area contributed by atoms with E-state index >= 15 is 0 Å². The van der Waals surface area contributed by atoms with Crippen LogP contribution in [0.25, 0.3) is 10.2 Å². The van der Waals surface area contributed by atoms with E-state index in [-0.39, 0.29) is 5.91 Å². The summed E-state index contributed by atoms with van der Waals surface area (Å²) in [6.45, 7) is 14.5. The topological polar surface area (TPSA) is 67.4 Å². The molecule has 0 spiro atoms. The Kier molecular flexibility index (Phi) is 7.01. The van der Waals surface area contributed by atoms with Gasteiger partial charge in [0.2, 0.25) is 0 Å². The molecule has 2 aromatic rings. The molecule has 7 heteroatoms. The van der Waals surface area contributed by atoms with Gasteiger partial charge < -0.3 is 10.1 Å². The fourth-order valence-electron chi connectivity index (χ4n) is 4.30. The molecule has 2 aromatic heterocycles. The minimum absolute atomic E-state index is 0.00164. The van der Waals surface area contributed by atoms with Gasteiger partial charge in [0.1, 0.15) is 10.7 Å². The Labute approximate surface area is 171 Å². The Balaban J connectivity index is 1.78. The zero-order valence-corrected chi connectivity index (χ0v) is 18.5. The zero-order valence-electron chi connectivity index (χ0n) is 17.7. The van der Waals surface area contributed by atoms with Crippen molar-refractivity contribution in [2.45, 2.75) is 53.5 Å². The molecular formula is C21H32N4O2S. The second-order valence-electron chi connectivity index (χ2n) is 7.59. The molecule has 0 saturated carbocycles. The van der Waals surface area contributed by atoms with Crippen molar-refractivity contribution in [1.29, 1.82) is 0 Å². The first kappa shape index (κ1) is 21.1. The third-order valence-corrected chi connectivity index (χ3v) is 7.05. The number of amides is 1. The minimum atomic E-state index is 0.00164. The smallest absolute Gasteiger partial charge is 0.261 e. The van der Waals surface area contributed by atoms with Crippen LogP contribution >= 0.6 is 11.3 Å². The van der Waals surface area contributed by atoms with Gasteiger partial charge in [0.05, 0.1) is 18.1 Å². The number of morpholine rings is 1. The summed E-state index contributed by atoms with van der Waals surface area (Å²) in [6, 6.07) is 0.348. The number of nitrogens with zero attached hydrogens (tertiary/aromatic N) is 3. The summed E-state index contributed by atoms with van der Waals surface area (Å²) in [7, 11) is 0. The monoisotopic (exact) mass is 404 g/mol. The maximum absolute atomic E-state index is 13.0. The van der Waals surface area contributed by atoms with Crippen molar-refractivity contribution in [3.8, 4) is 0 Å². The number of ether oxygens (including phenoxy) is 1. The quantitative estimate of drug-likeness (QED) is 0.765. The number of carbonyl (C=O) groups is 1. The van der Waals surface area contributed by atoms with Crippen molar-refractivity contribution in [1.82, 2.24) is 20.2 Å². The van der Waals surface area contributed by atoms with Crippen molar-refractivity contribution in [2.75, 3.05) is 32.8 Å². The number of nitrogens with one attached hydrogen (secondary N) is 1. The highest BCUT2D eigenvalue weighted by Crippen LogP contribution is 2.31. The van der Waals surface area contributed by atoms with E-state index < -0.39 is 0 Å². The molecule has 0 aromatic carbocycles. The Morgan fingerprint density at radius 3 is 2.50 bits per heavy atom. The number of hydrogen-bond donors (Lipinski definition) is 1. The average molecular weight is 405 g/mol. The molecule has 1 aliphatic rings. The lowest BCUT2D eigenvalue weighted by Crippen LogP contribution is -2.52. The second-order valence-corrected chi connectivity index (χ2v) is 8.59. The molecule has 28 heavy (non-hydrogen) atoms. The maximum atomic E-state index is 13.0. The van der Waals surface area contributed by atoms with Gasteiger partial charge in [-0.25, -0.2) is 9.97 Å². The third-order valence-electron chi connectivity index (χ3n) is 5.87. The molecule has 1 amide bonds. The van der Waals surface area contributed by atoms with Gasteiger partial charge in [0.15, 0.2) is 0 Å². The molecule has 1 fully saturated rings. The predicted molar refractivity (Wildman–Crippen MR) is 114 cm³/mol. The first-order valence-electron chi connectivity index (χ1n) is 10.3. The van der Waals surface area contributed by atoms with Gasteiger partial charge in [-0.3, -0.25) is 9.69 Å². The van der Waals surface area contributed by atoms with E-state index in [1.807, 2.05) is 20.8 Å². The number of carbonyl (C=O) groups excluding carboxylic acids is 1. The highest BCUT2D eigenvalue weighted by Gasteiger charge is 2.28. The van der Waals surface area contributed by atoms with E-state index in [0.717, 1.165) is 71.3 Å². The molecule has 3 rings (SSSR count). The standard InChI is InChI=1S/C21H32N4O2S/c1-6-16(7-2)17(25-8-10-27-11-9-25)12-22-20(26)19-13(3)18-14(4)23-15(5)24-21(18)28-19/h16-17H,6-12H2,1-5H3,(H,22,26). The molecule has 0 aliphatic carbocycles. The Morgan fingerprint density at radius 1 is 1.18 bits per heavy atom. The van der Waals surface area contributed by atoms with Gasteiger partial charge >= 0.3 is 0 Å². The van der Waals surface area contributed by atoms with Crippen molar-refractivity contribution in [2.24, 2.45) is 5.92 Å². The van der Waals surface area contributed by atoms with Crippen LogP contribution in [-0.2, 0) is 4.74 Å². The van der Waals surface area contributed by atoms with E-state index in [2.05, 4.69) is 34.0 Å². The lowest BCUT2D eigenvalue weighted by molar-refractivity contribution is 0.00192. The molecule has 3 heterocycles. The minimum Gasteiger partial charge on any atom is -0.379 e. The van der Waals surface area contributed by atoms with Crippen LogP contribution in [0.1, 0.15) is 53.4 Å². The Morgan fingerprint density at radius 2 is 1.86 bits per heavy atom. The second kappa shape index (κ2) is 9.29. The van der Waals surface area contributed by atoms with Crippen molar-refractivity contribution < 1.29 is 9.53 Å². The fourth-order valence-corrected chi connectivity index (χ4v) is 5.50. The Hall–Kier alpha value is -1.57. The molecule has 1 aliphatic heterocycles. The van der Waals surface area contributed by atoms with Crippen LogP contribution in [0.5, 0.6) is 0 Å². The number of aryl methyl sites for hydroxylation is 3. The fraction of sp³-hybridized carbons (Fsp3) is 0.667. The molecule has 6 nitrogen and oxygen atoms in total. The van der Waals surface area contributed by atoms with Crippen LogP contribution in [0.4, 0.5) is 0 Å². The van der Waals surface area contributed by atoms with E-state index in [0.29, 0.717) is 18.5 Å². The van der Waals surface area contributed by atoms with Crippen LogP contribution in [0.2, 0.25) is 0 Å². The zero-order chi connectivity index (χ0) is 20.3. The summed E-state index contributed by atoms with van der Waals surface area (Å²) in [5, 5.41) is 4.24. The van der Waals surface area contributed by atoms with Gasteiger partial charge in [-0.2, -0.15) is 0 Å². The van der Waals surface area contributed by atoms with Crippen LogP contribution in [0.15, 0.2) is 0 Å². The van der Waals surface area contributed by atoms with E-state index in [1.54, 1.807) is 0 Å². The van der Waals surface area contributed by atoms with Gasteiger partial charge in [0.25, 0.3) is 5.91 Å². The van der Waals surface area contributed by atoms with E-state index in [4.69, 9.17) is 4.74 Å². The van der Waals surface area contributed by atoms with Crippen molar-refractivity contribution >= 4 is 27.5 Å². The number of fused-ring (bicyclic) bond motifs is 1. The molecule has 154 valence electrons. The maximum Gasteiger partial charge on any atom is 0.261 e. The largest absolute Gasteiger partial charge is 0.379 e. The summed E-state index contributed by atoms with van der Waals surface area (Å²) in [6.07, 6.45) is 2.23. The first-order chi connectivity index (χ1) is 13.5. The summed E-state index contributed by atoms with van der Waals surface area (Å²) >= 11 is 1.47. The van der Waals surface area contributed by atoms with Crippen LogP contribution in [-0.4, -0.2) is 59.7 Å². The number of aromatic nitrogens is 2. The number of hydrogen-bond acceptors (Lipinski definition) is 6. The predicted octanol–water partition coefficient (Wildman–Crippen LogP) is 3.48. The van der Waals surface area contributed by atoms with Gasteiger partial charge in [-0.05, 0) is 32.3 Å². The van der Waals surface area contributed by atoms with Gasteiger partial charge in [-0.15, -0.1) is 11.3 Å². The third kappa shape index (κ3) is 4.36. The molecule has 1 N–H and O–H groups in total. The van der Waals surface area contributed by atoms with Gasteiger partial charge in [-0.1, -0.05) is 26.7 Å². The number of thiophene rings is 1. The summed E-state index contributed by atoms with van der Waals surface area (Å²) < 4.78 is 5.52. The molecule has 1 saturated heterocycles. The Bertz CT molecular complexity index is 825. The first-order valence-corrected chi connectivity index (χ1v) is 11.1. The van der Waals surface area contributed by atoms with Crippen LogP contribution in [0.3, 0.4) is 0 Å². The van der Waals surface area contributed by atoms with Crippen LogP contribution in [0, 0.1) is 26.7 Å². The molecular weight excluding hydrogens is 372 g/mol. The van der Waals surface area contributed by atoms with Crippen LogP contribution < -0.4 is 5.32 Å². The summed E-state index contributed by atoms with van der Waals surface area (Å²) in [5.41, 5.74) is 1.93. The summed E-state index contributed by atoms with van der Waals surface area (Å²) in [5.74, 6) is 1.32. The SMILES string of the molecule is CCC(CC)C(CNC(=O)c1sc2nc(C)nc(C)c2c1C)N1CCOCC1. The highest BCUT2D eigenvalue weighted by atomic mass is 32.1. The number of rotatable bonds is 7. The van der Waals surface area contributed by atoms with Gasteiger partial charge in [0, 0.05) is 36.8 Å². The lowest BCUT2D eigenvalue weighted by atomic mass is 9.92. The molecule has 1 unspecified atom stereocenters. The molecule has 0 bridgehead atoms. The van der Waals surface area contributed by atoms with Crippen molar-refractivity contribution in [3.05, 3.63) is 22.0 Å². The average Bonchev–Trinajstić information content (AvgIpc) is 3.02. The van der Waals surface area contributed by atoms with E-state index in [1.165, 1.54) is 11.3 Å². The lowest BCUT2D eigenvalue weighted by Gasteiger charge is -2.38. The molecule has 0 radical (unpaired) electrons. The normalized spacial score (nSPS) is 16.6. The van der Waals surface area contributed by atoms with Crippen molar-refractivity contribution in [3.63, 3.8) is 0 Å². The molecule has 1 atom stereocenters. The highest BCUT2D eigenvalue weighted by molar-refractivity contribution is 7.20. The summed E-state index contributed by atoms with van der Waals surface area (Å²) in [4.78, 5) is 26.2. The van der Waals surface area contributed by atoms with E-state index in [9.17, 15) is 4.79 Å².